The molecule has 4 heterocycles. The number of aromatic nitrogens is 2. The third-order valence-electron chi connectivity index (χ3n) is 3.94. The van der Waals surface area contributed by atoms with Gasteiger partial charge in [-0.1, -0.05) is 18.1 Å². The van der Waals surface area contributed by atoms with E-state index in [1.807, 2.05) is 24.4 Å². The molecule has 1 atom stereocenters. The molecule has 0 unspecified atom stereocenters. The zero-order valence-electron chi connectivity index (χ0n) is 12.8. The largest absolute Gasteiger partial charge is 0.456 e. The van der Waals surface area contributed by atoms with E-state index >= 15 is 0 Å². The van der Waals surface area contributed by atoms with Crippen molar-refractivity contribution in [1.82, 2.24) is 20.4 Å². The van der Waals surface area contributed by atoms with Gasteiger partial charge in [0, 0.05) is 11.3 Å². The fourth-order valence-electron chi connectivity index (χ4n) is 2.79. The third kappa shape index (κ3) is 2.37. The van der Waals surface area contributed by atoms with E-state index in [-0.39, 0.29) is 19.2 Å². The first kappa shape index (κ1) is 14.9. The van der Waals surface area contributed by atoms with Gasteiger partial charge in [0.15, 0.2) is 5.82 Å². The molecule has 0 radical (unpaired) electrons. The monoisotopic (exact) mass is 346 g/mol. The number of cyclic esters (lactones) is 1. The van der Waals surface area contributed by atoms with Gasteiger partial charge in [0.2, 0.25) is 5.89 Å². The van der Waals surface area contributed by atoms with Crippen molar-refractivity contribution in [3.8, 4) is 0 Å². The maximum absolute atomic E-state index is 12.6. The highest BCUT2D eigenvalue weighted by Gasteiger charge is 2.42. The van der Waals surface area contributed by atoms with Crippen molar-refractivity contribution in [3.63, 3.8) is 0 Å². The number of thiophene rings is 1. The number of aryl methyl sites for hydroxylation is 1. The van der Waals surface area contributed by atoms with Crippen LogP contribution in [0.15, 0.2) is 33.3 Å². The first-order valence-electron chi connectivity index (χ1n) is 7.50. The van der Waals surface area contributed by atoms with Gasteiger partial charge in [-0.25, -0.2) is 9.59 Å². The normalized spacial score (nSPS) is 20.2. The highest BCUT2D eigenvalue weighted by molar-refractivity contribution is 7.10. The molecule has 0 saturated carbocycles. The molecule has 0 aromatic carbocycles. The van der Waals surface area contributed by atoms with Gasteiger partial charge >= 0.3 is 12.0 Å². The van der Waals surface area contributed by atoms with Crippen LogP contribution in [0, 0.1) is 0 Å². The molecule has 2 aliphatic heterocycles. The molecule has 0 spiro atoms. The summed E-state index contributed by atoms with van der Waals surface area (Å²) in [6.45, 7) is 2.10. The zero-order chi connectivity index (χ0) is 16.7. The van der Waals surface area contributed by atoms with Crippen LogP contribution in [0.5, 0.6) is 0 Å². The number of carbonyl (C=O) groups is 2. The molecule has 1 N–H and O–H groups in total. The Bertz CT molecular complexity index is 826. The van der Waals surface area contributed by atoms with Crippen molar-refractivity contribution < 1.29 is 18.8 Å². The predicted molar refractivity (Wildman–Crippen MR) is 82.8 cm³/mol. The maximum Gasteiger partial charge on any atom is 0.338 e. The molecule has 4 rings (SSSR count). The van der Waals surface area contributed by atoms with Crippen molar-refractivity contribution in [1.29, 1.82) is 0 Å². The number of rotatable bonds is 4. The summed E-state index contributed by atoms with van der Waals surface area (Å²) in [5, 5.41) is 8.63. The van der Waals surface area contributed by atoms with Crippen molar-refractivity contribution in [2.75, 3.05) is 6.61 Å². The van der Waals surface area contributed by atoms with E-state index in [9.17, 15) is 9.59 Å². The minimum atomic E-state index is -0.477. The Morgan fingerprint density at radius 1 is 1.46 bits per heavy atom. The van der Waals surface area contributed by atoms with E-state index in [1.54, 1.807) is 0 Å². The number of hydrogen-bond donors (Lipinski definition) is 1. The van der Waals surface area contributed by atoms with E-state index in [0.29, 0.717) is 29.4 Å². The Morgan fingerprint density at radius 3 is 3.04 bits per heavy atom. The van der Waals surface area contributed by atoms with Crippen LogP contribution in [-0.2, 0) is 22.5 Å². The highest BCUT2D eigenvalue weighted by atomic mass is 32.1. The third-order valence-corrected chi connectivity index (χ3v) is 4.88. The van der Waals surface area contributed by atoms with Crippen LogP contribution in [-0.4, -0.2) is 33.6 Å². The molecule has 2 aromatic heterocycles. The molecule has 0 bridgehead atoms. The molecular formula is C15H14N4O4S. The molecule has 0 saturated heterocycles. The summed E-state index contributed by atoms with van der Waals surface area (Å²) in [6, 6.07) is 2.97. The number of esters is 1. The standard InChI is InChI=1S/C15H14N4O4S/c1-2-11-16-10(18-23-11)6-19-8-7-22-14(20)12(8)13(17-15(19)21)9-4-3-5-24-9/h3-5,13H,2,6-7H2,1H3,(H,17,21)/t13-/m1/s1. The van der Waals surface area contributed by atoms with Crippen LogP contribution >= 0.6 is 11.3 Å². The van der Waals surface area contributed by atoms with Gasteiger partial charge in [0.05, 0.1) is 23.9 Å². The zero-order valence-corrected chi connectivity index (χ0v) is 13.6. The Hall–Kier alpha value is -2.68. The van der Waals surface area contributed by atoms with E-state index in [4.69, 9.17) is 9.26 Å². The van der Waals surface area contributed by atoms with Gasteiger partial charge in [-0.3, -0.25) is 4.90 Å². The summed E-state index contributed by atoms with van der Waals surface area (Å²) in [5.74, 6) is 0.491. The summed E-state index contributed by atoms with van der Waals surface area (Å²) >= 11 is 1.48. The van der Waals surface area contributed by atoms with Gasteiger partial charge in [0.25, 0.3) is 0 Å². The minimum absolute atomic E-state index is 0.0714. The molecule has 24 heavy (non-hydrogen) atoms. The fraction of sp³-hybridized carbons (Fsp3) is 0.333. The van der Waals surface area contributed by atoms with Crippen molar-refractivity contribution >= 4 is 23.3 Å². The molecule has 0 fully saturated rings. The lowest BCUT2D eigenvalue weighted by atomic mass is 10.0. The maximum atomic E-state index is 12.6. The van der Waals surface area contributed by atoms with E-state index < -0.39 is 12.0 Å². The minimum Gasteiger partial charge on any atom is -0.456 e. The van der Waals surface area contributed by atoms with Crippen LogP contribution < -0.4 is 5.32 Å². The smallest absolute Gasteiger partial charge is 0.338 e. The topological polar surface area (TPSA) is 97.6 Å². The Morgan fingerprint density at radius 2 is 2.33 bits per heavy atom. The number of urea groups is 1. The average molecular weight is 346 g/mol. The molecule has 9 heteroatoms. The van der Waals surface area contributed by atoms with E-state index in [2.05, 4.69) is 15.5 Å². The molecule has 0 aliphatic carbocycles. The highest BCUT2D eigenvalue weighted by Crippen LogP contribution is 2.37. The van der Waals surface area contributed by atoms with Crippen LogP contribution in [0.2, 0.25) is 0 Å². The first-order chi connectivity index (χ1) is 11.7. The van der Waals surface area contributed by atoms with Gasteiger partial charge in [-0.15, -0.1) is 11.3 Å². The first-order valence-corrected chi connectivity index (χ1v) is 8.38. The average Bonchev–Trinajstić information content (AvgIpc) is 3.31. The van der Waals surface area contributed by atoms with Crippen molar-refractivity contribution in [2.45, 2.75) is 25.9 Å². The lowest BCUT2D eigenvalue weighted by Crippen LogP contribution is -2.46. The molecule has 2 aliphatic rings. The number of nitrogens with zero attached hydrogens (tertiary/aromatic N) is 3. The molecule has 2 amide bonds. The fourth-order valence-corrected chi connectivity index (χ4v) is 3.57. The summed E-state index contributed by atoms with van der Waals surface area (Å²) < 4.78 is 10.2. The number of amides is 2. The van der Waals surface area contributed by atoms with Gasteiger partial charge < -0.3 is 14.6 Å². The molecule has 8 nitrogen and oxygen atoms in total. The van der Waals surface area contributed by atoms with Crippen molar-refractivity contribution in [3.05, 3.63) is 45.4 Å². The lowest BCUT2D eigenvalue weighted by Gasteiger charge is -2.31. The Balaban J connectivity index is 1.69. The summed E-state index contributed by atoms with van der Waals surface area (Å²) in [4.78, 5) is 31.3. The van der Waals surface area contributed by atoms with Gasteiger partial charge in [-0.2, -0.15) is 4.98 Å². The SMILES string of the molecule is CCc1nc(CN2C(=O)N[C@H](c3cccs3)C3=C2COC3=O)no1. The number of carbonyl (C=O) groups excluding carboxylic acids is 2. The van der Waals surface area contributed by atoms with Crippen LogP contribution in [0.25, 0.3) is 0 Å². The number of ether oxygens (including phenoxy) is 1. The Kier molecular flexibility index (Phi) is 3.57. The van der Waals surface area contributed by atoms with E-state index in [1.165, 1.54) is 16.2 Å². The van der Waals surface area contributed by atoms with E-state index in [0.717, 1.165) is 4.88 Å². The molecule has 124 valence electrons. The number of hydrogen-bond acceptors (Lipinski definition) is 7. The second-order valence-electron chi connectivity index (χ2n) is 5.38. The Labute approximate surface area is 141 Å². The number of nitrogens with one attached hydrogen (secondary N) is 1. The second-order valence-corrected chi connectivity index (χ2v) is 6.36. The summed E-state index contributed by atoms with van der Waals surface area (Å²) in [7, 11) is 0. The summed E-state index contributed by atoms with van der Waals surface area (Å²) in [5.41, 5.74) is 1.03. The van der Waals surface area contributed by atoms with Crippen LogP contribution in [0.3, 0.4) is 0 Å². The lowest BCUT2D eigenvalue weighted by molar-refractivity contribution is -0.136. The second kappa shape index (κ2) is 5.75. The molecule has 2 aromatic rings. The molecular weight excluding hydrogens is 332 g/mol. The summed E-state index contributed by atoms with van der Waals surface area (Å²) in [6.07, 6.45) is 0.620. The van der Waals surface area contributed by atoms with Crippen molar-refractivity contribution in [2.24, 2.45) is 0 Å². The van der Waals surface area contributed by atoms with Crippen LogP contribution in [0.1, 0.15) is 29.6 Å². The quantitative estimate of drug-likeness (QED) is 0.848. The predicted octanol–water partition coefficient (Wildman–Crippen LogP) is 1.77. The van der Waals surface area contributed by atoms with Gasteiger partial charge in [0.1, 0.15) is 6.61 Å². The van der Waals surface area contributed by atoms with Crippen LogP contribution in [0.4, 0.5) is 4.79 Å². The van der Waals surface area contributed by atoms with Gasteiger partial charge in [-0.05, 0) is 11.4 Å².